The molecule has 1 aliphatic rings. The van der Waals surface area contributed by atoms with Gasteiger partial charge in [0.2, 0.25) is 10.0 Å². The SMILES string of the molecule is CN(C)S(=O)(=O)C[C@@H]1CN(C(=O)c2ccc3ncsc3c2)C[C@@H]1O. The highest BCUT2D eigenvalue weighted by Gasteiger charge is 2.37. The topological polar surface area (TPSA) is 90.8 Å². The summed E-state index contributed by atoms with van der Waals surface area (Å²) in [7, 11) is -0.496. The van der Waals surface area contributed by atoms with Gasteiger partial charge < -0.3 is 10.0 Å². The Morgan fingerprint density at radius 2 is 2.17 bits per heavy atom. The predicted octanol–water partition coefficient (Wildman–Crippen LogP) is 0.621. The lowest BCUT2D eigenvalue weighted by atomic mass is 10.1. The molecule has 0 bridgehead atoms. The first-order chi connectivity index (χ1) is 11.3. The van der Waals surface area contributed by atoms with Crippen molar-refractivity contribution in [2.24, 2.45) is 5.92 Å². The van der Waals surface area contributed by atoms with Gasteiger partial charge in [-0.2, -0.15) is 0 Å². The number of likely N-dealkylation sites (tertiary alicyclic amines) is 1. The molecule has 24 heavy (non-hydrogen) atoms. The van der Waals surface area contributed by atoms with E-state index in [1.165, 1.54) is 30.3 Å². The number of carbonyl (C=O) groups is 1. The number of aromatic nitrogens is 1. The van der Waals surface area contributed by atoms with Crippen LogP contribution in [0.3, 0.4) is 0 Å². The van der Waals surface area contributed by atoms with Crippen LogP contribution in [0.25, 0.3) is 10.2 Å². The number of rotatable bonds is 4. The van der Waals surface area contributed by atoms with Crippen LogP contribution in [0.4, 0.5) is 0 Å². The fraction of sp³-hybridized carbons (Fsp3) is 0.467. The van der Waals surface area contributed by atoms with Crippen LogP contribution in [-0.4, -0.2) is 72.7 Å². The van der Waals surface area contributed by atoms with Crippen LogP contribution < -0.4 is 0 Å². The molecule has 0 spiro atoms. The minimum Gasteiger partial charge on any atom is -0.391 e. The first-order valence-electron chi connectivity index (χ1n) is 7.49. The van der Waals surface area contributed by atoms with E-state index in [1.54, 1.807) is 23.7 Å². The summed E-state index contributed by atoms with van der Waals surface area (Å²) in [6, 6.07) is 5.28. The molecule has 0 saturated carbocycles. The van der Waals surface area contributed by atoms with E-state index in [0.29, 0.717) is 5.56 Å². The molecule has 7 nitrogen and oxygen atoms in total. The Balaban J connectivity index is 1.75. The number of nitrogens with zero attached hydrogens (tertiary/aromatic N) is 3. The third kappa shape index (κ3) is 3.30. The van der Waals surface area contributed by atoms with E-state index < -0.39 is 22.0 Å². The molecule has 1 saturated heterocycles. The highest BCUT2D eigenvalue weighted by Crippen LogP contribution is 2.24. The minimum atomic E-state index is -3.42. The molecule has 3 rings (SSSR count). The Morgan fingerprint density at radius 1 is 1.42 bits per heavy atom. The van der Waals surface area contributed by atoms with Crippen molar-refractivity contribution in [3.63, 3.8) is 0 Å². The Bertz CT molecular complexity index is 862. The zero-order valence-corrected chi connectivity index (χ0v) is 15.0. The highest BCUT2D eigenvalue weighted by molar-refractivity contribution is 7.89. The van der Waals surface area contributed by atoms with Crippen molar-refractivity contribution in [1.82, 2.24) is 14.2 Å². The molecular weight excluding hydrogens is 350 g/mol. The lowest BCUT2D eigenvalue weighted by Crippen LogP contribution is -2.33. The van der Waals surface area contributed by atoms with E-state index >= 15 is 0 Å². The van der Waals surface area contributed by atoms with Gasteiger partial charge in [0.25, 0.3) is 5.91 Å². The van der Waals surface area contributed by atoms with Crippen LogP contribution in [-0.2, 0) is 10.0 Å². The summed E-state index contributed by atoms with van der Waals surface area (Å²) in [5.41, 5.74) is 3.09. The number of amides is 1. The number of thiazole rings is 1. The number of β-amino-alcohol motifs (C(OH)–C–C–N with tert-alkyl or cyclic N) is 1. The Labute approximate surface area is 144 Å². The van der Waals surface area contributed by atoms with Crippen LogP contribution in [0.5, 0.6) is 0 Å². The molecule has 1 fully saturated rings. The molecule has 9 heteroatoms. The Kier molecular flexibility index (Phi) is 4.60. The van der Waals surface area contributed by atoms with E-state index in [1.807, 2.05) is 0 Å². The summed E-state index contributed by atoms with van der Waals surface area (Å²) in [4.78, 5) is 18.3. The second-order valence-electron chi connectivity index (χ2n) is 6.13. The fourth-order valence-electron chi connectivity index (χ4n) is 2.77. The van der Waals surface area contributed by atoms with Gasteiger partial charge in [0, 0.05) is 38.7 Å². The number of aliphatic hydroxyl groups is 1. The fourth-order valence-corrected chi connectivity index (χ4v) is 4.66. The molecule has 1 aromatic heterocycles. The summed E-state index contributed by atoms with van der Waals surface area (Å²) in [5, 5.41) is 10.2. The maximum atomic E-state index is 12.6. The van der Waals surface area contributed by atoms with Crippen molar-refractivity contribution in [3.05, 3.63) is 29.3 Å². The molecular formula is C15H19N3O4S2. The molecule has 0 radical (unpaired) electrons. The third-order valence-corrected chi connectivity index (χ3v) is 7.01. The first-order valence-corrected chi connectivity index (χ1v) is 9.97. The van der Waals surface area contributed by atoms with Crippen LogP contribution in [0.2, 0.25) is 0 Å². The first kappa shape index (κ1) is 17.3. The van der Waals surface area contributed by atoms with Crippen LogP contribution >= 0.6 is 11.3 Å². The number of fused-ring (bicyclic) bond motifs is 1. The number of hydrogen-bond donors (Lipinski definition) is 1. The van der Waals surface area contributed by atoms with Crippen LogP contribution in [0.1, 0.15) is 10.4 Å². The summed E-state index contributed by atoms with van der Waals surface area (Å²) in [6.07, 6.45) is -0.837. The highest BCUT2D eigenvalue weighted by atomic mass is 32.2. The van der Waals surface area contributed by atoms with Gasteiger partial charge in [-0.3, -0.25) is 4.79 Å². The summed E-state index contributed by atoms with van der Waals surface area (Å²) in [6.45, 7) is 0.376. The second kappa shape index (κ2) is 6.40. The smallest absolute Gasteiger partial charge is 0.254 e. The molecule has 1 amide bonds. The Morgan fingerprint density at radius 3 is 2.88 bits per heavy atom. The number of sulfonamides is 1. The van der Waals surface area contributed by atoms with Gasteiger partial charge in [-0.05, 0) is 18.2 Å². The van der Waals surface area contributed by atoms with Gasteiger partial charge in [0.15, 0.2) is 0 Å². The number of carbonyl (C=O) groups excluding carboxylic acids is 1. The van der Waals surface area contributed by atoms with Crippen molar-refractivity contribution in [1.29, 1.82) is 0 Å². The molecule has 2 aromatic rings. The van der Waals surface area contributed by atoms with Gasteiger partial charge in [-0.15, -0.1) is 11.3 Å². The third-order valence-electron chi connectivity index (χ3n) is 4.25. The molecule has 130 valence electrons. The Hall–Kier alpha value is -1.55. The van der Waals surface area contributed by atoms with Gasteiger partial charge in [0.05, 0.1) is 27.6 Å². The number of hydrogen-bond acceptors (Lipinski definition) is 6. The number of benzene rings is 1. The quantitative estimate of drug-likeness (QED) is 0.853. The van der Waals surface area contributed by atoms with Gasteiger partial charge >= 0.3 is 0 Å². The van der Waals surface area contributed by atoms with Gasteiger partial charge in [-0.1, -0.05) is 0 Å². The lowest BCUT2D eigenvalue weighted by Gasteiger charge is -2.18. The normalized spacial score (nSPS) is 21.8. The summed E-state index contributed by atoms with van der Waals surface area (Å²) in [5.74, 6) is -0.846. The molecule has 1 aromatic carbocycles. The lowest BCUT2D eigenvalue weighted by molar-refractivity contribution is 0.0765. The zero-order chi connectivity index (χ0) is 17.5. The van der Waals surface area contributed by atoms with E-state index in [0.717, 1.165) is 14.5 Å². The molecule has 1 N–H and O–H groups in total. The summed E-state index contributed by atoms with van der Waals surface area (Å²) >= 11 is 1.46. The average molecular weight is 369 g/mol. The maximum absolute atomic E-state index is 12.6. The largest absolute Gasteiger partial charge is 0.391 e. The molecule has 1 aliphatic heterocycles. The van der Waals surface area contributed by atoms with Crippen molar-refractivity contribution >= 4 is 37.5 Å². The second-order valence-corrected chi connectivity index (χ2v) is 9.25. The monoisotopic (exact) mass is 369 g/mol. The van der Waals surface area contributed by atoms with E-state index in [4.69, 9.17) is 0 Å². The standard InChI is InChI=1S/C15H19N3O4S2/c1-17(2)24(21,22)8-11-6-18(7-13(11)19)15(20)10-3-4-12-14(5-10)23-9-16-12/h3-5,9,11,13,19H,6-8H2,1-2H3/t11-,13-/m0/s1. The predicted molar refractivity (Wildman–Crippen MR) is 92.5 cm³/mol. The minimum absolute atomic E-state index is 0.146. The van der Waals surface area contributed by atoms with Gasteiger partial charge in [-0.25, -0.2) is 17.7 Å². The van der Waals surface area contributed by atoms with Crippen LogP contribution in [0.15, 0.2) is 23.7 Å². The summed E-state index contributed by atoms with van der Waals surface area (Å²) < 4.78 is 26.1. The number of aliphatic hydroxyl groups excluding tert-OH is 1. The molecule has 2 atom stereocenters. The molecule has 0 aliphatic carbocycles. The zero-order valence-electron chi connectivity index (χ0n) is 13.4. The van der Waals surface area contributed by atoms with Crippen molar-refractivity contribution < 1.29 is 18.3 Å². The van der Waals surface area contributed by atoms with Crippen molar-refractivity contribution in [2.45, 2.75) is 6.10 Å². The maximum Gasteiger partial charge on any atom is 0.254 e. The van der Waals surface area contributed by atoms with E-state index in [9.17, 15) is 18.3 Å². The van der Waals surface area contributed by atoms with Crippen molar-refractivity contribution in [3.8, 4) is 0 Å². The van der Waals surface area contributed by atoms with E-state index in [2.05, 4.69) is 4.98 Å². The van der Waals surface area contributed by atoms with E-state index in [-0.39, 0.29) is 24.7 Å². The molecule has 0 unspecified atom stereocenters. The average Bonchev–Trinajstić information content (AvgIpc) is 3.12. The van der Waals surface area contributed by atoms with Crippen LogP contribution in [0, 0.1) is 5.92 Å². The van der Waals surface area contributed by atoms with Crippen molar-refractivity contribution in [2.75, 3.05) is 32.9 Å². The molecule has 2 heterocycles. The van der Waals surface area contributed by atoms with Gasteiger partial charge in [0.1, 0.15) is 0 Å².